The van der Waals surface area contributed by atoms with E-state index >= 15 is 0 Å². The van der Waals surface area contributed by atoms with Crippen molar-refractivity contribution < 1.29 is 9.47 Å². The standard InChI is InChI=1S/C19H23N5O2/c1-3-26-15-10-9-13(11-16(15)25-2)18(20)19-22-17(23-24-19)12-21-14-7-5-4-6-8-14/h4-11,18,21H,3,12,20H2,1-2H3,(H,22,23,24). The van der Waals surface area contributed by atoms with Crippen LogP contribution < -0.4 is 20.5 Å². The van der Waals surface area contributed by atoms with E-state index in [0.29, 0.717) is 30.5 Å². The van der Waals surface area contributed by atoms with Crippen LogP contribution in [0.15, 0.2) is 48.5 Å². The van der Waals surface area contributed by atoms with Gasteiger partial charge in [0.25, 0.3) is 0 Å². The first-order chi connectivity index (χ1) is 12.7. The third-order valence-electron chi connectivity index (χ3n) is 3.91. The van der Waals surface area contributed by atoms with Crippen molar-refractivity contribution in [3.05, 3.63) is 65.7 Å². The molecule has 0 saturated carbocycles. The van der Waals surface area contributed by atoms with Gasteiger partial charge in [-0.05, 0) is 36.8 Å². The summed E-state index contributed by atoms with van der Waals surface area (Å²) in [5.74, 6) is 2.58. The van der Waals surface area contributed by atoms with E-state index in [-0.39, 0.29) is 0 Å². The van der Waals surface area contributed by atoms with Gasteiger partial charge in [0.2, 0.25) is 0 Å². The minimum atomic E-state index is -0.457. The van der Waals surface area contributed by atoms with Crippen molar-refractivity contribution in [3.8, 4) is 11.5 Å². The molecule has 4 N–H and O–H groups in total. The van der Waals surface area contributed by atoms with E-state index < -0.39 is 6.04 Å². The second kappa shape index (κ2) is 8.35. The van der Waals surface area contributed by atoms with Crippen LogP contribution >= 0.6 is 0 Å². The molecule has 0 fully saturated rings. The van der Waals surface area contributed by atoms with Gasteiger partial charge in [0, 0.05) is 5.69 Å². The maximum absolute atomic E-state index is 6.32. The fourth-order valence-electron chi connectivity index (χ4n) is 2.57. The van der Waals surface area contributed by atoms with Gasteiger partial charge < -0.3 is 20.5 Å². The van der Waals surface area contributed by atoms with E-state index in [1.54, 1.807) is 7.11 Å². The highest BCUT2D eigenvalue weighted by Crippen LogP contribution is 2.31. The monoisotopic (exact) mass is 353 g/mol. The fraction of sp³-hybridized carbons (Fsp3) is 0.263. The topological polar surface area (TPSA) is 98.1 Å². The zero-order valence-electron chi connectivity index (χ0n) is 14.9. The molecule has 3 rings (SSSR count). The van der Waals surface area contributed by atoms with E-state index in [4.69, 9.17) is 15.2 Å². The minimum absolute atomic E-state index is 0.457. The summed E-state index contributed by atoms with van der Waals surface area (Å²) in [5, 5.41) is 10.5. The molecule has 0 aliphatic rings. The molecule has 3 aromatic rings. The number of aromatic nitrogens is 3. The predicted octanol–water partition coefficient (Wildman–Crippen LogP) is 2.87. The van der Waals surface area contributed by atoms with Crippen molar-refractivity contribution >= 4 is 5.69 Å². The first-order valence-corrected chi connectivity index (χ1v) is 8.47. The number of H-pyrrole nitrogens is 1. The summed E-state index contributed by atoms with van der Waals surface area (Å²) in [4.78, 5) is 4.49. The molecule has 0 amide bonds. The lowest BCUT2D eigenvalue weighted by molar-refractivity contribution is 0.310. The van der Waals surface area contributed by atoms with Crippen molar-refractivity contribution in [1.82, 2.24) is 15.2 Å². The minimum Gasteiger partial charge on any atom is -0.493 e. The van der Waals surface area contributed by atoms with Crippen molar-refractivity contribution in [2.24, 2.45) is 5.73 Å². The number of benzene rings is 2. The van der Waals surface area contributed by atoms with Crippen LogP contribution in [0.25, 0.3) is 0 Å². The van der Waals surface area contributed by atoms with Crippen LogP contribution in [0.2, 0.25) is 0 Å². The van der Waals surface area contributed by atoms with Crippen LogP contribution in [0, 0.1) is 0 Å². The predicted molar refractivity (Wildman–Crippen MR) is 100 cm³/mol. The Hall–Kier alpha value is -3.06. The molecule has 0 aliphatic heterocycles. The first kappa shape index (κ1) is 17.8. The van der Waals surface area contributed by atoms with Gasteiger partial charge in [-0.2, -0.15) is 5.10 Å². The van der Waals surface area contributed by atoms with E-state index in [2.05, 4.69) is 20.5 Å². The maximum Gasteiger partial charge on any atom is 0.171 e. The van der Waals surface area contributed by atoms with Crippen LogP contribution in [-0.2, 0) is 6.54 Å². The van der Waals surface area contributed by atoms with Crippen molar-refractivity contribution in [2.45, 2.75) is 19.5 Å². The largest absolute Gasteiger partial charge is 0.493 e. The highest BCUT2D eigenvalue weighted by atomic mass is 16.5. The Bertz CT molecular complexity index is 835. The molecule has 1 atom stereocenters. The molecule has 1 unspecified atom stereocenters. The lowest BCUT2D eigenvalue weighted by Crippen LogP contribution is -2.14. The average molecular weight is 353 g/mol. The molecular formula is C19H23N5O2. The number of methoxy groups -OCH3 is 1. The summed E-state index contributed by atoms with van der Waals surface area (Å²) in [7, 11) is 1.60. The van der Waals surface area contributed by atoms with Crippen LogP contribution in [-0.4, -0.2) is 28.9 Å². The highest BCUT2D eigenvalue weighted by molar-refractivity contribution is 5.45. The average Bonchev–Trinajstić information content (AvgIpc) is 3.16. The van der Waals surface area contributed by atoms with Gasteiger partial charge >= 0.3 is 0 Å². The van der Waals surface area contributed by atoms with E-state index in [0.717, 1.165) is 17.1 Å². The Balaban J connectivity index is 1.70. The number of nitrogens with zero attached hydrogens (tertiary/aromatic N) is 2. The third-order valence-corrected chi connectivity index (χ3v) is 3.91. The van der Waals surface area contributed by atoms with E-state index in [1.165, 1.54) is 0 Å². The lowest BCUT2D eigenvalue weighted by Gasteiger charge is -2.13. The molecule has 2 aromatic carbocycles. The number of rotatable bonds is 8. The van der Waals surface area contributed by atoms with Gasteiger partial charge in [-0.3, -0.25) is 5.10 Å². The van der Waals surface area contributed by atoms with Crippen LogP contribution in [0.5, 0.6) is 11.5 Å². The van der Waals surface area contributed by atoms with Crippen molar-refractivity contribution in [3.63, 3.8) is 0 Å². The molecule has 7 nitrogen and oxygen atoms in total. The molecule has 0 aliphatic carbocycles. The first-order valence-electron chi connectivity index (χ1n) is 8.47. The SMILES string of the molecule is CCOc1ccc(C(N)c2n[nH]c(CNc3ccccc3)n2)cc1OC. The Kier molecular flexibility index (Phi) is 5.70. The summed E-state index contributed by atoms with van der Waals surface area (Å²) in [5.41, 5.74) is 8.20. The number of hydrogen-bond donors (Lipinski definition) is 3. The van der Waals surface area contributed by atoms with Crippen molar-refractivity contribution in [2.75, 3.05) is 19.0 Å². The zero-order chi connectivity index (χ0) is 18.4. The smallest absolute Gasteiger partial charge is 0.171 e. The number of hydrogen-bond acceptors (Lipinski definition) is 6. The Morgan fingerprint density at radius 3 is 2.69 bits per heavy atom. The lowest BCUT2D eigenvalue weighted by atomic mass is 10.1. The summed E-state index contributed by atoms with van der Waals surface area (Å²) in [6, 6.07) is 15.1. The quantitative estimate of drug-likeness (QED) is 0.576. The molecule has 1 heterocycles. The molecule has 0 saturated heterocycles. The summed E-state index contributed by atoms with van der Waals surface area (Å²) in [6.07, 6.45) is 0. The Morgan fingerprint density at radius 2 is 1.96 bits per heavy atom. The molecular weight excluding hydrogens is 330 g/mol. The number of aromatic amines is 1. The van der Waals surface area contributed by atoms with Crippen LogP contribution in [0.3, 0.4) is 0 Å². The normalized spacial score (nSPS) is 11.8. The molecule has 0 radical (unpaired) electrons. The fourth-order valence-corrected chi connectivity index (χ4v) is 2.57. The summed E-state index contributed by atoms with van der Waals surface area (Å²) >= 11 is 0. The number of nitrogens with one attached hydrogen (secondary N) is 2. The highest BCUT2D eigenvalue weighted by Gasteiger charge is 2.17. The van der Waals surface area contributed by atoms with Crippen molar-refractivity contribution in [1.29, 1.82) is 0 Å². The van der Waals surface area contributed by atoms with Gasteiger partial charge in [-0.1, -0.05) is 24.3 Å². The van der Waals surface area contributed by atoms with Gasteiger partial charge in [-0.15, -0.1) is 0 Å². The van der Waals surface area contributed by atoms with E-state index in [1.807, 2.05) is 55.5 Å². The molecule has 1 aromatic heterocycles. The zero-order valence-corrected chi connectivity index (χ0v) is 14.9. The van der Waals surface area contributed by atoms with Gasteiger partial charge in [0.1, 0.15) is 5.82 Å². The molecule has 26 heavy (non-hydrogen) atoms. The van der Waals surface area contributed by atoms with Crippen LogP contribution in [0.4, 0.5) is 5.69 Å². The van der Waals surface area contributed by atoms with Gasteiger partial charge in [0.15, 0.2) is 17.3 Å². The molecule has 136 valence electrons. The van der Waals surface area contributed by atoms with E-state index in [9.17, 15) is 0 Å². The summed E-state index contributed by atoms with van der Waals surface area (Å²) in [6.45, 7) is 3.04. The molecule has 0 spiro atoms. The Morgan fingerprint density at radius 1 is 1.15 bits per heavy atom. The maximum atomic E-state index is 6.32. The van der Waals surface area contributed by atoms with Gasteiger partial charge in [-0.25, -0.2) is 4.98 Å². The summed E-state index contributed by atoms with van der Waals surface area (Å²) < 4.78 is 10.9. The number of para-hydroxylation sites is 1. The number of nitrogens with two attached hydrogens (primary N) is 1. The van der Waals surface area contributed by atoms with Crippen LogP contribution in [0.1, 0.15) is 30.2 Å². The number of ether oxygens (including phenoxy) is 2. The third kappa shape index (κ3) is 4.12. The second-order valence-corrected chi connectivity index (χ2v) is 5.68. The Labute approximate surface area is 152 Å². The molecule has 0 bridgehead atoms. The van der Waals surface area contributed by atoms with Gasteiger partial charge in [0.05, 0.1) is 26.3 Å². The molecule has 7 heteroatoms. The second-order valence-electron chi connectivity index (χ2n) is 5.68. The number of anilines is 1.